The van der Waals surface area contributed by atoms with Crippen molar-refractivity contribution in [3.8, 4) is 0 Å². The molecular weight excluding hydrogens is 300 g/mol. The highest BCUT2D eigenvalue weighted by molar-refractivity contribution is 7.09. The fourth-order valence-electron chi connectivity index (χ4n) is 2.65. The standard InChI is InChI=1S/C15H18N4O2S/c1-2-11-9-22-14(18-11)10-4-3-5-19(8-10)13-7-16-12(6-17-13)15(20)21/h6-7,9-10H,2-5,8H2,1H3,(H,20,21). The molecule has 1 atom stereocenters. The number of carboxylic acids is 1. The predicted octanol–water partition coefficient (Wildman–Crippen LogP) is 2.58. The first-order chi connectivity index (χ1) is 10.7. The molecule has 0 saturated carbocycles. The lowest BCUT2D eigenvalue weighted by atomic mass is 9.99. The summed E-state index contributed by atoms with van der Waals surface area (Å²) in [6, 6.07) is 0. The van der Waals surface area contributed by atoms with Crippen LogP contribution in [0.1, 0.15) is 46.9 Å². The highest BCUT2D eigenvalue weighted by atomic mass is 32.1. The van der Waals surface area contributed by atoms with E-state index in [4.69, 9.17) is 10.1 Å². The number of carbonyl (C=O) groups is 1. The molecule has 0 spiro atoms. The zero-order valence-electron chi connectivity index (χ0n) is 12.4. The van der Waals surface area contributed by atoms with Gasteiger partial charge in [0.25, 0.3) is 0 Å². The number of carboxylic acid groups (broad SMARTS) is 1. The summed E-state index contributed by atoms with van der Waals surface area (Å²) in [6.07, 6.45) is 6.04. The van der Waals surface area contributed by atoms with Crippen LogP contribution in [-0.2, 0) is 6.42 Å². The number of thiazole rings is 1. The number of anilines is 1. The van der Waals surface area contributed by atoms with Crippen molar-refractivity contribution in [2.45, 2.75) is 32.1 Å². The number of aromatic nitrogens is 3. The van der Waals surface area contributed by atoms with Gasteiger partial charge in [-0.1, -0.05) is 6.92 Å². The molecule has 0 radical (unpaired) electrons. The summed E-state index contributed by atoms with van der Waals surface area (Å²) in [6.45, 7) is 3.90. The van der Waals surface area contributed by atoms with Crippen molar-refractivity contribution >= 4 is 23.1 Å². The summed E-state index contributed by atoms with van der Waals surface area (Å²) in [5.74, 6) is 0.104. The molecule has 116 valence electrons. The number of aromatic carboxylic acids is 1. The van der Waals surface area contributed by atoms with E-state index in [-0.39, 0.29) is 5.69 Å². The lowest BCUT2D eigenvalue weighted by molar-refractivity contribution is 0.0690. The molecule has 0 aliphatic carbocycles. The van der Waals surface area contributed by atoms with E-state index in [2.05, 4.69) is 27.2 Å². The third-order valence-corrected chi connectivity index (χ3v) is 4.94. The maximum atomic E-state index is 10.8. The average molecular weight is 318 g/mol. The first-order valence-electron chi connectivity index (χ1n) is 7.42. The Balaban J connectivity index is 1.73. The van der Waals surface area contributed by atoms with Gasteiger partial charge in [-0.2, -0.15) is 0 Å². The first kappa shape index (κ1) is 14.9. The largest absolute Gasteiger partial charge is 0.476 e. The molecule has 1 unspecified atom stereocenters. The molecule has 1 N–H and O–H groups in total. The summed E-state index contributed by atoms with van der Waals surface area (Å²) in [5.41, 5.74) is 1.13. The number of nitrogens with zero attached hydrogens (tertiary/aromatic N) is 4. The second kappa shape index (κ2) is 6.39. The molecule has 3 heterocycles. The van der Waals surface area contributed by atoms with Crippen molar-refractivity contribution < 1.29 is 9.90 Å². The Morgan fingerprint density at radius 1 is 1.45 bits per heavy atom. The third-order valence-electron chi connectivity index (χ3n) is 3.88. The number of rotatable bonds is 4. The monoisotopic (exact) mass is 318 g/mol. The molecule has 0 amide bonds. The molecule has 22 heavy (non-hydrogen) atoms. The van der Waals surface area contributed by atoms with E-state index in [9.17, 15) is 4.79 Å². The van der Waals surface area contributed by atoms with E-state index < -0.39 is 5.97 Å². The minimum absolute atomic E-state index is 0.0233. The zero-order chi connectivity index (χ0) is 15.5. The second-order valence-electron chi connectivity index (χ2n) is 5.38. The molecule has 3 rings (SSSR count). The zero-order valence-corrected chi connectivity index (χ0v) is 13.2. The number of hydrogen-bond acceptors (Lipinski definition) is 6. The number of hydrogen-bond donors (Lipinski definition) is 1. The number of aryl methyl sites for hydroxylation is 1. The van der Waals surface area contributed by atoms with Crippen molar-refractivity contribution in [3.63, 3.8) is 0 Å². The normalized spacial score (nSPS) is 18.4. The molecule has 1 fully saturated rings. The van der Waals surface area contributed by atoms with Crippen LogP contribution in [0.4, 0.5) is 5.82 Å². The average Bonchev–Trinajstić information content (AvgIpc) is 3.04. The molecule has 0 bridgehead atoms. The molecule has 1 aliphatic heterocycles. The molecular formula is C15H18N4O2S. The smallest absolute Gasteiger partial charge is 0.356 e. The molecule has 7 heteroatoms. The Labute approximate surface area is 132 Å². The maximum Gasteiger partial charge on any atom is 0.356 e. The van der Waals surface area contributed by atoms with Crippen LogP contribution in [0.5, 0.6) is 0 Å². The summed E-state index contributed by atoms with van der Waals surface area (Å²) in [7, 11) is 0. The SMILES string of the molecule is CCc1csc(C2CCCN(c3cnc(C(=O)O)cn3)C2)n1. The van der Waals surface area contributed by atoms with Crippen molar-refractivity contribution in [2.24, 2.45) is 0 Å². The van der Waals surface area contributed by atoms with Gasteiger partial charge in [-0.05, 0) is 19.3 Å². The van der Waals surface area contributed by atoms with E-state index in [1.165, 1.54) is 11.2 Å². The summed E-state index contributed by atoms with van der Waals surface area (Å²) < 4.78 is 0. The van der Waals surface area contributed by atoms with Gasteiger partial charge in [-0.15, -0.1) is 11.3 Å². The summed E-state index contributed by atoms with van der Waals surface area (Å²) in [4.78, 5) is 25.9. The minimum atomic E-state index is -1.05. The van der Waals surface area contributed by atoms with Gasteiger partial charge < -0.3 is 10.0 Å². The van der Waals surface area contributed by atoms with Crippen LogP contribution in [0, 0.1) is 0 Å². The van der Waals surface area contributed by atoms with Crippen LogP contribution in [0.2, 0.25) is 0 Å². The van der Waals surface area contributed by atoms with E-state index in [0.29, 0.717) is 5.92 Å². The van der Waals surface area contributed by atoms with Gasteiger partial charge in [-0.25, -0.2) is 19.7 Å². The van der Waals surface area contributed by atoms with Gasteiger partial charge in [0.1, 0.15) is 5.82 Å². The lowest BCUT2D eigenvalue weighted by Crippen LogP contribution is -2.35. The summed E-state index contributed by atoms with van der Waals surface area (Å²) >= 11 is 1.73. The fraction of sp³-hybridized carbons (Fsp3) is 0.467. The van der Waals surface area contributed by atoms with Gasteiger partial charge in [0, 0.05) is 24.4 Å². The Kier molecular flexibility index (Phi) is 4.33. The minimum Gasteiger partial charge on any atom is -0.476 e. The first-order valence-corrected chi connectivity index (χ1v) is 8.30. The molecule has 6 nitrogen and oxygen atoms in total. The van der Waals surface area contributed by atoms with Crippen molar-refractivity contribution in [3.05, 3.63) is 34.2 Å². The van der Waals surface area contributed by atoms with Crippen molar-refractivity contribution in [1.82, 2.24) is 15.0 Å². The quantitative estimate of drug-likeness (QED) is 0.933. The van der Waals surface area contributed by atoms with E-state index in [1.54, 1.807) is 17.5 Å². The molecule has 1 aliphatic rings. The third kappa shape index (κ3) is 3.09. The van der Waals surface area contributed by atoms with Crippen molar-refractivity contribution in [2.75, 3.05) is 18.0 Å². The predicted molar refractivity (Wildman–Crippen MR) is 84.7 cm³/mol. The topological polar surface area (TPSA) is 79.2 Å². The highest BCUT2D eigenvalue weighted by Crippen LogP contribution is 2.31. The highest BCUT2D eigenvalue weighted by Gasteiger charge is 2.24. The fourth-order valence-corrected chi connectivity index (χ4v) is 3.69. The lowest BCUT2D eigenvalue weighted by Gasteiger charge is -2.32. The maximum absolute atomic E-state index is 10.8. The van der Waals surface area contributed by atoms with Crippen LogP contribution < -0.4 is 4.90 Å². The summed E-state index contributed by atoms with van der Waals surface area (Å²) in [5, 5.41) is 12.2. The van der Waals surface area contributed by atoms with Gasteiger partial charge in [0.15, 0.2) is 5.69 Å². The molecule has 2 aromatic heterocycles. The van der Waals surface area contributed by atoms with Crippen LogP contribution >= 0.6 is 11.3 Å². The van der Waals surface area contributed by atoms with Gasteiger partial charge >= 0.3 is 5.97 Å². The number of piperidine rings is 1. The Morgan fingerprint density at radius 2 is 2.32 bits per heavy atom. The molecule has 2 aromatic rings. The Bertz CT molecular complexity index is 656. The van der Waals surface area contributed by atoms with E-state index in [1.807, 2.05) is 0 Å². The van der Waals surface area contributed by atoms with Crippen LogP contribution in [0.15, 0.2) is 17.8 Å². The van der Waals surface area contributed by atoms with Gasteiger partial charge in [-0.3, -0.25) is 0 Å². The Hall–Kier alpha value is -2.02. The van der Waals surface area contributed by atoms with E-state index in [0.717, 1.165) is 43.9 Å². The van der Waals surface area contributed by atoms with Crippen molar-refractivity contribution in [1.29, 1.82) is 0 Å². The molecule has 0 aromatic carbocycles. The second-order valence-corrected chi connectivity index (χ2v) is 6.27. The Morgan fingerprint density at radius 3 is 2.95 bits per heavy atom. The van der Waals surface area contributed by atoms with Crippen LogP contribution in [-0.4, -0.2) is 39.1 Å². The molecule has 1 saturated heterocycles. The van der Waals surface area contributed by atoms with E-state index >= 15 is 0 Å². The van der Waals surface area contributed by atoms with Crippen LogP contribution in [0.3, 0.4) is 0 Å². The van der Waals surface area contributed by atoms with Crippen LogP contribution in [0.25, 0.3) is 0 Å². The van der Waals surface area contributed by atoms with Gasteiger partial charge in [0.05, 0.1) is 23.1 Å². The van der Waals surface area contributed by atoms with Gasteiger partial charge in [0.2, 0.25) is 0 Å².